The standard InChI is InChI=1S/C10H13ClO4.C6H10/c1-9-6(2-3-11)7(13)4-10(9,5-12)8(14)15-9;1-2-4-6-5-3-1/h6,12H,2-5H2,1H3;1-2H,3-6H2. The first kappa shape index (κ1) is 16.5. The maximum atomic E-state index is 11.7. The van der Waals surface area contributed by atoms with Crippen LogP contribution in [0.15, 0.2) is 12.2 Å². The smallest absolute Gasteiger partial charge is 0.319 e. The zero-order chi connectivity index (χ0) is 15.5. The summed E-state index contributed by atoms with van der Waals surface area (Å²) in [6.07, 6.45) is 10.6. The molecular formula is C16H23ClO4. The summed E-state index contributed by atoms with van der Waals surface area (Å²) < 4.78 is 5.10. The molecule has 3 rings (SSSR count). The molecule has 0 spiro atoms. The Hall–Kier alpha value is -0.870. The lowest BCUT2D eigenvalue weighted by molar-refractivity contribution is -0.245. The highest BCUT2D eigenvalue weighted by molar-refractivity contribution is 6.18. The molecule has 2 aliphatic carbocycles. The van der Waals surface area contributed by atoms with Crippen molar-refractivity contribution in [3.05, 3.63) is 12.2 Å². The molecule has 1 heterocycles. The summed E-state index contributed by atoms with van der Waals surface area (Å²) in [4.78, 5) is 23.1. The minimum atomic E-state index is -0.999. The van der Waals surface area contributed by atoms with Crippen molar-refractivity contribution in [2.75, 3.05) is 12.5 Å². The van der Waals surface area contributed by atoms with Gasteiger partial charge in [0.05, 0.1) is 12.5 Å². The van der Waals surface area contributed by atoms with Gasteiger partial charge in [0.1, 0.15) is 16.8 Å². The van der Waals surface area contributed by atoms with Gasteiger partial charge in [-0.15, -0.1) is 11.6 Å². The highest BCUT2D eigenvalue weighted by Gasteiger charge is 2.75. The van der Waals surface area contributed by atoms with Crippen molar-refractivity contribution in [1.29, 1.82) is 0 Å². The summed E-state index contributed by atoms with van der Waals surface area (Å²) in [7, 11) is 0. The van der Waals surface area contributed by atoms with Crippen molar-refractivity contribution in [3.8, 4) is 0 Å². The molecule has 0 aromatic carbocycles. The third-order valence-electron chi connectivity index (χ3n) is 5.00. The number of rotatable bonds is 3. The van der Waals surface area contributed by atoms with E-state index in [2.05, 4.69) is 12.2 Å². The lowest BCUT2D eigenvalue weighted by Crippen LogP contribution is -2.66. The van der Waals surface area contributed by atoms with Crippen molar-refractivity contribution in [2.45, 2.75) is 51.0 Å². The molecule has 3 aliphatic rings. The Morgan fingerprint density at radius 3 is 2.29 bits per heavy atom. The molecule has 0 bridgehead atoms. The van der Waals surface area contributed by atoms with Crippen LogP contribution in [0.25, 0.3) is 0 Å². The first-order chi connectivity index (χ1) is 10.0. The van der Waals surface area contributed by atoms with Crippen molar-refractivity contribution >= 4 is 23.4 Å². The molecule has 0 amide bonds. The van der Waals surface area contributed by atoms with Gasteiger partial charge in [-0.05, 0) is 39.0 Å². The number of carbonyl (C=O) groups excluding carboxylic acids is 2. The Morgan fingerprint density at radius 2 is 1.95 bits per heavy atom. The molecule has 118 valence electrons. The number of aliphatic hydroxyl groups is 1. The summed E-state index contributed by atoms with van der Waals surface area (Å²) in [5, 5.41) is 9.30. The van der Waals surface area contributed by atoms with Gasteiger partial charge in [0.25, 0.3) is 0 Å². The number of hydrogen-bond donors (Lipinski definition) is 1. The second-order valence-corrected chi connectivity index (χ2v) is 6.54. The Bertz CT molecular complexity index is 440. The molecule has 21 heavy (non-hydrogen) atoms. The fourth-order valence-corrected chi connectivity index (χ4v) is 3.73. The van der Waals surface area contributed by atoms with Gasteiger partial charge in [-0.25, -0.2) is 0 Å². The summed E-state index contributed by atoms with van der Waals surface area (Å²) in [5.41, 5.74) is -1.84. The van der Waals surface area contributed by atoms with Crippen LogP contribution >= 0.6 is 11.6 Å². The number of allylic oxidation sites excluding steroid dienone is 2. The van der Waals surface area contributed by atoms with Gasteiger partial charge < -0.3 is 9.84 Å². The minimum Gasteiger partial charge on any atom is -0.457 e. The molecule has 0 radical (unpaired) electrons. The van der Waals surface area contributed by atoms with Crippen LogP contribution in [0.1, 0.15) is 45.4 Å². The monoisotopic (exact) mass is 314 g/mol. The van der Waals surface area contributed by atoms with Crippen LogP contribution in [0.5, 0.6) is 0 Å². The number of aliphatic hydroxyl groups excluding tert-OH is 1. The maximum Gasteiger partial charge on any atom is 0.319 e. The molecular weight excluding hydrogens is 292 g/mol. The normalized spacial score (nSPS) is 37.2. The largest absolute Gasteiger partial charge is 0.457 e. The highest BCUT2D eigenvalue weighted by atomic mass is 35.5. The van der Waals surface area contributed by atoms with E-state index in [4.69, 9.17) is 16.3 Å². The van der Waals surface area contributed by atoms with E-state index >= 15 is 0 Å². The van der Waals surface area contributed by atoms with Crippen molar-refractivity contribution in [3.63, 3.8) is 0 Å². The van der Waals surface area contributed by atoms with E-state index in [0.29, 0.717) is 12.3 Å². The van der Waals surface area contributed by atoms with Crippen molar-refractivity contribution in [2.24, 2.45) is 11.3 Å². The molecule has 5 heteroatoms. The zero-order valence-electron chi connectivity index (χ0n) is 12.4. The van der Waals surface area contributed by atoms with E-state index in [1.807, 2.05) is 0 Å². The van der Waals surface area contributed by atoms with Gasteiger partial charge in [0.2, 0.25) is 0 Å². The summed E-state index contributed by atoms with van der Waals surface area (Å²) >= 11 is 5.62. The van der Waals surface area contributed by atoms with Gasteiger partial charge in [-0.2, -0.15) is 0 Å². The Kier molecular flexibility index (Phi) is 5.10. The topological polar surface area (TPSA) is 63.6 Å². The number of ether oxygens (including phenoxy) is 1. The summed E-state index contributed by atoms with van der Waals surface area (Å²) in [6, 6.07) is 0. The molecule has 1 N–H and O–H groups in total. The van der Waals surface area contributed by atoms with E-state index in [1.165, 1.54) is 25.7 Å². The molecule has 0 aromatic heterocycles. The fourth-order valence-electron chi connectivity index (χ4n) is 3.51. The van der Waals surface area contributed by atoms with Crippen molar-refractivity contribution in [1.82, 2.24) is 0 Å². The molecule has 3 atom stereocenters. The predicted molar refractivity (Wildman–Crippen MR) is 80.1 cm³/mol. The number of carbonyl (C=O) groups is 2. The van der Waals surface area contributed by atoms with Crippen LogP contribution in [-0.4, -0.2) is 34.9 Å². The molecule has 2 fully saturated rings. The molecule has 4 nitrogen and oxygen atoms in total. The van der Waals surface area contributed by atoms with E-state index in [1.54, 1.807) is 6.92 Å². The van der Waals surface area contributed by atoms with Crippen LogP contribution in [0.2, 0.25) is 0 Å². The molecule has 0 aromatic rings. The van der Waals surface area contributed by atoms with Gasteiger partial charge in [-0.1, -0.05) is 12.2 Å². The zero-order valence-corrected chi connectivity index (χ0v) is 13.2. The number of fused-ring (bicyclic) bond motifs is 1. The van der Waals surface area contributed by atoms with Crippen LogP contribution < -0.4 is 0 Å². The second-order valence-electron chi connectivity index (χ2n) is 6.17. The van der Waals surface area contributed by atoms with Gasteiger partial charge in [0, 0.05) is 12.3 Å². The van der Waals surface area contributed by atoms with E-state index < -0.39 is 17.0 Å². The predicted octanol–water partition coefficient (Wildman–Crippen LogP) is 2.62. The molecule has 1 saturated heterocycles. The summed E-state index contributed by atoms with van der Waals surface area (Å²) in [5.74, 6) is -0.499. The third kappa shape index (κ3) is 2.64. The van der Waals surface area contributed by atoms with Crippen LogP contribution in [0, 0.1) is 11.3 Å². The first-order valence-corrected chi connectivity index (χ1v) is 8.13. The number of Topliss-reactive ketones (excluding diaryl/α,β-unsaturated/α-hetero) is 1. The highest BCUT2D eigenvalue weighted by Crippen LogP contribution is 2.59. The Balaban J connectivity index is 0.000000225. The summed E-state index contributed by atoms with van der Waals surface area (Å²) in [6.45, 7) is 1.39. The van der Waals surface area contributed by atoms with Gasteiger partial charge in [0.15, 0.2) is 0 Å². The lowest BCUT2D eigenvalue weighted by Gasteiger charge is -2.51. The number of halogens is 1. The van der Waals surface area contributed by atoms with Crippen LogP contribution in [0.3, 0.4) is 0 Å². The van der Waals surface area contributed by atoms with Gasteiger partial charge in [-0.3, -0.25) is 9.59 Å². The number of hydrogen-bond acceptors (Lipinski definition) is 4. The van der Waals surface area contributed by atoms with E-state index in [-0.39, 0.29) is 24.7 Å². The van der Waals surface area contributed by atoms with Gasteiger partial charge >= 0.3 is 5.97 Å². The van der Waals surface area contributed by atoms with E-state index in [9.17, 15) is 14.7 Å². The number of ketones is 1. The van der Waals surface area contributed by atoms with Crippen molar-refractivity contribution < 1.29 is 19.4 Å². The molecule has 1 aliphatic heterocycles. The quantitative estimate of drug-likeness (QED) is 0.494. The minimum absolute atomic E-state index is 0.0296. The molecule has 3 unspecified atom stereocenters. The average molecular weight is 315 g/mol. The maximum absolute atomic E-state index is 11.7. The average Bonchev–Trinajstić information content (AvgIpc) is 2.67. The SMILES string of the molecule is C1=CCCCC1.CC12OC(=O)C1(CO)CC(=O)C2CCCl. The Labute approximate surface area is 130 Å². The third-order valence-corrected chi connectivity index (χ3v) is 5.22. The molecule has 1 saturated carbocycles. The van der Waals surface area contributed by atoms with Crippen LogP contribution in [-0.2, 0) is 14.3 Å². The fraction of sp³-hybridized carbons (Fsp3) is 0.750. The Morgan fingerprint density at radius 1 is 1.33 bits per heavy atom. The lowest BCUT2D eigenvalue weighted by atomic mass is 9.67. The second kappa shape index (κ2) is 6.49. The van der Waals surface area contributed by atoms with E-state index in [0.717, 1.165) is 0 Å². The number of esters is 1. The first-order valence-electron chi connectivity index (χ1n) is 7.60. The van der Waals surface area contributed by atoms with Crippen LogP contribution in [0.4, 0.5) is 0 Å². The number of alkyl halides is 1.